The third kappa shape index (κ3) is 1.96. The molecule has 0 saturated carbocycles. The van der Waals surface area contributed by atoms with E-state index in [-0.39, 0.29) is 0 Å². The molecule has 0 fully saturated rings. The highest BCUT2D eigenvalue weighted by molar-refractivity contribution is 4.83. The molecule has 0 aliphatic carbocycles. The second kappa shape index (κ2) is 3.94. The Morgan fingerprint density at radius 2 is 1.80 bits per heavy atom. The average Bonchev–Trinajstić information content (AvgIpc) is 2.01. The molecule has 61 valence electrons. The van der Waals surface area contributed by atoms with Gasteiger partial charge in [0.15, 0.2) is 0 Å². The first-order chi connectivity index (χ1) is 4.60. The van der Waals surface area contributed by atoms with Crippen LogP contribution in [0.3, 0.4) is 0 Å². The van der Waals surface area contributed by atoms with Crippen LogP contribution in [0.5, 0.6) is 0 Å². The summed E-state index contributed by atoms with van der Waals surface area (Å²) in [7, 11) is 0. The van der Waals surface area contributed by atoms with Gasteiger partial charge in [-0.1, -0.05) is 20.8 Å². The topological polar surface area (TPSA) is 40.5 Å². The van der Waals surface area contributed by atoms with E-state index in [9.17, 15) is 10.2 Å². The SMILES string of the molecule is [CH2]CC(O)C(O)(CC)CC. The van der Waals surface area contributed by atoms with Crippen molar-refractivity contribution in [2.45, 2.75) is 44.8 Å². The summed E-state index contributed by atoms with van der Waals surface area (Å²) in [6.45, 7) is 7.26. The van der Waals surface area contributed by atoms with Crippen LogP contribution in [-0.2, 0) is 0 Å². The molecule has 1 atom stereocenters. The fourth-order valence-corrected chi connectivity index (χ4v) is 0.990. The summed E-state index contributed by atoms with van der Waals surface area (Å²) in [4.78, 5) is 0. The van der Waals surface area contributed by atoms with Gasteiger partial charge in [0.1, 0.15) is 0 Å². The highest BCUT2D eigenvalue weighted by Crippen LogP contribution is 2.20. The normalized spacial score (nSPS) is 15.3. The maximum absolute atomic E-state index is 9.61. The standard InChI is InChI=1S/C8H17O2/c1-4-7(9)8(10,5-2)6-3/h7,9-10H,1,4-6H2,2-3H3. The maximum Gasteiger partial charge on any atom is 0.0900 e. The number of rotatable bonds is 4. The van der Waals surface area contributed by atoms with Crippen molar-refractivity contribution in [2.75, 3.05) is 0 Å². The molecule has 0 rings (SSSR count). The molecule has 0 amide bonds. The molecule has 1 radical (unpaired) electrons. The molecule has 0 spiro atoms. The fourth-order valence-electron chi connectivity index (χ4n) is 0.990. The van der Waals surface area contributed by atoms with Crippen LogP contribution in [0, 0.1) is 6.92 Å². The van der Waals surface area contributed by atoms with Crippen molar-refractivity contribution in [3.8, 4) is 0 Å². The Bertz CT molecular complexity index is 87.3. The van der Waals surface area contributed by atoms with Crippen LogP contribution in [0.1, 0.15) is 33.1 Å². The Morgan fingerprint density at radius 1 is 1.40 bits per heavy atom. The zero-order valence-corrected chi connectivity index (χ0v) is 6.80. The van der Waals surface area contributed by atoms with Crippen LogP contribution in [0.25, 0.3) is 0 Å². The first-order valence-corrected chi connectivity index (χ1v) is 3.80. The van der Waals surface area contributed by atoms with E-state index in [1.54, 1.807) is 0 Å². The van der Waals surface area contributed by atoms with Crippen LogP contribution < -0.4 is 0 Å². The van der Waals surface area contributed by atoms with Crippen molar-refractivity contribution in [1.82, 2.24) is 0 Å². The largest absolute Gasteiger partial charge is 0.390 e. The lowest BCUT2D eigenvalue weighted by Gasteiger charge is -2.29. The summed E-state index contributed by atoms with van der Waals surface area (Å²) in [6, 6.07) is 0. The first kappa shape index (κ1) is 9.92. The van der Waals surface area contributed by atoms with Crippen LogP contribution >= 0.6 is 0 Å². The second-order valence-electron chi connectivity index (χ2n) is 2.62. The summed E-state index contributed by atoms with van der Waals surface area (Å²) in [6.07, 6.45) is 0.862. The molecule has 2 N–H and O–H groups in total. The Balaban J connectivity index is 4.02. The minimum atomic E-state index is -0.915. The van der Waals surface area contributed by atoms with E-state index in [2.05, 4.69) is 6.92 Å². The quantitative estimate of drug-likeness (QED) is 0.622. The molecule has 0 saturated heterocycles. The second-order valence-corrected chi connectivity index (χ2v) is 2.62. The van der Waals surface area contributed by atoms with Crippen molar-refractivity contribution >= 4 is 0 Å². The Labute approximate surface area is 62.9 Å². The van der Waals surface area contributed by atoms with Crippen molar-refractivity contribution in [1.29, 1.82) is 0 Å². The van der Waals surface area contributed by atoms with Gasteiger partial charge in [-0.05, 0) is 19.3 Å². The predicted octanol–water partition coefficient (Wildman–Crippen LogP) is 1.12. The van der Waals surface area contributed by atoms with E-state index in [1.807, 2.05) is 13.8 Å². The van der Waals surface area contributed by atoms with Gasteiger partial charge < -0.3 is 10.2 Å². The monoisotopic (exact) mass is 145 g/mol. The molecule has 2 nitrogen and oxygen atoms in total. The van der Waals surface area contributed by atoms with Gasteiger partial charge in [-0.15, -0.1) is 0 Å². The highest BCUT2D eigenvalue weighted by Gasteiger charge is 2.29. The molecule has 0 aromatic heterocycles. The molecule has 0 aliphatic heterocycles. The zero-order chi connectivity index (χ0) is 8.20. The molecule has 0 heterocycles. The van der Waals surface area contributed by atoms with Crippen molar-refractivity contribution < 1.29 is 10.2 Å². The molecule has 0 bridgehead atoms. The average molecular weight is 145 g/mol. The fraction of sp³-hybridized carbons (Fsp3) is 0.875. The Hall–Kier alpha value is -0.0800. The van der Waals surface area contributed by atoms with Crippen LogP contribution in [0.2, 0.25) is 0 Å². The molecular formula is C8H17O2. The minimum absolute atomic E-state index is 0.373. The third-order valence-electron chi connectivity index (χ3n) is 2.12. The number of hydrogen-bond donors (Lipinski definition) is 2. The Kier molecular flexibility index (Phi) is 3.91. The van der Waals surface area contributed by atoms with Gasteiger partial charge in [0, 0.05) is 0 Å². The van der Waals surface area contributed by atoms with E-state index in [0.717, 1.165) is 0 Å². The Morgan fingerprint density at radius 3 is 1.90 bits per heavy atom. The van der Waals surface area contributed by atoms with Gasteiger partial charge in [0.25, 0.3) is 0 Å². The zero-order valence-electron chi connectivity index (χ0n) is 6.80. The van der Waals surface area contributed by atoms with E-state index in [4.69, 9.17) is 0 Å². The lowest BCUT2D eigenvalue weighted by molar-refractivity contribution is -0.0781. The van der Waals surface area contributed by atoms with E-state index >= 15 is 0 Å². The highest BCUT2D eigenvalue weighted by atomic mass is 16.3. The lowest BCUT2D eigenvalue weighted by atomic mass is 9.89. The molecule has 0 aromatic carbocycles. The minimum Gasteiger partial charge on any atom is -0.390 e. The molecule has 0 aromatic rings. The maximum atomic E-state index is 9.61. The number of aliphatic hydroxyl groups excluding tert-OH is 1. The van der Waals surface area contributed by atoms with E-state index in [1.165, 1.54) is 0 Å². The van der Waals surface area contributed by atoms with Gasteiger partial charge in [-0.25, -0.2) is 0 Å². The van der Waals surface area contributed by atoms with E-state index in [0.29, 0.717) is 19.3 Å². The van der Waals surface area contributed by atoms with Crippen LogP contribution in [-0.4, -0.2) is 21.9 Å². The summed E-state index contributed by atoms with van der Waals surface area (Å²) in [5, 5.41) is 18.9. The number of aliphatic hydroxyl groups is 2. The summed E-state index contributed by atoms with van der Waals surface area (Å²) in [5.74, 6) is 0. The summed E-state index contributed by atoms with van der Waals surface area (Å²) in [5.41, 5.74) is -0.915. The molecule has 2 heteroatoms. The first-order valence-electron chi connectivity index (χ1n) is 3.80. The van der Waals surface area contributed by atoms with Crippen molar-refractivity contribution in [3.05, 3.63) is 6.92 Å². The van der Waals surface area contributed by atoms with Gasteiger partial charge in [0.05, 0.1) is 11.7 Å². The van der Waals surface area contributed by atoms with Crippen LogP contribution in [0.4, 0.5) is 0 Å². The molecule has 10 heavy (non-hydrogen) atoms. The van der Waals surface area contributed by atoms with Gasteiger partial charge in [0.2, 0.25) is 0 Å². The van der Waals surface area contributed by atoms with E-state index < -0.39 is 11.7 Å². The molecule has 1 unspecified atom stereocenters. The van der Waals surface area contributed by atoms with Gasteiger partial charge in [-0.3, -0.25) is 0 Å². The van der Waals surface area contributed by atoms with Gasteiger partial charge >= 0.3 is 0 Å². The van der Waals surface area contributed by atoms with Crippen molar-refractivity contribution in [2.24, 2.45) is 0 Å². The summed E-state index contributed by atoms with van der Waals surface area (Å²) < 4.78 is 0. The predicted molar refractivity (Wildman–Crippen MR) is 41.5 cm³/mol. The number of hydrogen-bond acceptors (Lipinski definition) is 2. The smallest absolute Gasteiger partial charge is 0.0900 e. The lowest BCUT2D eigenvalue weighted by Crippen LogP contribution is -2.40. The van der Waals surface area contributed by atoms with Crippen molar-refractivity contribution in [3.63, 3.8) is 0 Å². The molecular weight excluding hydrogens is 128 g/mol. The van der Waals surface area contributed by atoms with Gasteiger partial charge in [-0.2, -0.15) is 0 Å². The summed E-state index contributed by atoms with van der Waals surface area (Å²) >= 11 is 0. The molecule has 0 aliphatic rings. The third-order valence-corrected chi connectivity index (χ3v) is 2.12. The van der Waals surface area contributed by atoms with Crippen LogP contribution in [0.15, 0.2) is 0 Å².